The van der Waals surface area contributed by atoms with E-state index in [2.05, 4.69) is 5.32 Å². The number of amides is 2. The lowest BCUT2D eigenvalue weighted by Crippen LogP contribution is -2.53. The van der Waals surface area contributed by atoms with Gasteiger partial charge in [0.15, 0.2) is 11.5 Å². The Kier molecular flexibility index (Phi) is 9.84. The van der Waals surface area contributed by atoms with Gasteiger partial charge in [0.25, 0.3) is 0 Å². The molecule has 38 heavy (non-hydrogen) atoms. The number of fused-ring (bicyclic) bond motifs is 1. The monoisotopic (exact) mass is 547 g/mol. The smallest absolute Gasteiger partial charge is 0.244 e. The van der Waals surface area contributed by atoms with Crippen molar-refractivity contribution in [3.8, 4) is 17.2 Å². The number of benzene rings is 2. The second kappa shape index (κ2) is 12.9. The molecule has 0 aromatic heterocycles. The third-order valence-corrected chi connectivity index (χ3v) is 8.24. The molecule has 1 aliphatic rings. The number of ether oxygens (including phenoxy) is 3. The van der Waals surface area contributed by atoms with Gasteiger partial charge in [-0.2, -0.15) is 0 Å². The van der Waals surface area contributed by atoms with E-state index in [1.165, 1.54) is 11.8 Å². The summed E-state index contributed by atoms with van der Waals surface area (Å²) in [5.74, 6) is 0.513. The van der Waals surface area contributed by atoms with Crippen molar-refractivity contribution in [2.45, 2.75) is 59.2 Å². The molecule has 0 unspecified atom stereocenters. The molecule has 2 aromatic carbocycles. The van der Waals surface area contributed by atoms with E-state index in [1.54, 1.807) is 43.5 Å². The van der Waals surface area contributed by atoms with E-state index >= 15 is 0 Å². The molecular formula is C27H37N3O7S. The van der Waals surface area contributed by atoms with Crippen LogP contribution in [0.5, 0.6) is 17.2 Å². The maximum absolute atomic E-state index is 13.9. The zero-order valence-electron chi connectivity index (χ0n) is 22.6. The third-order valence-electron chi connectivity index (χ3n) is 6.50. The molecule has 2 aromatic rings. The van der Waals surface area contributed by atoms with Gasteiger partial charge in [-0.05, 0) is 56.5 Å². The molecular weight excluding hydrogens is 510 g/mol. The molecule has 0 fully saturated rings. The molecule has 1 aliphatic heterocycles. The van der Waals surface area contributed by atoms with E-state index < -0.39 is 28.5 Å². The Hall–Kier alpha value is -3.47. The van der Waals surface area contributed by atoms with E-state index in [0.717, 1.165) is 16.3 Å². The molecule has 0 radical (unpaired) electrons. The molecule has 3 rings (SSSR count). The molecule has 2 atom stereocenters. The molecule has 0 aliphatic carbocycles. The van der Waals surface area contributed by atoms with Gasteiger partial charge in [-0.3, -0.25) is 13.9 Å². The Bertz CT molecular complexity index is 1230. The van der Waals surface area contributed by atoms with Crippen LogP contribution in [0, 0.1) is 0 Å². The highest BCUT2D eigenvalue weighted by molar-refractivity contribution is 7.92. The van der Waals surface area contributed by atoms with Gasteiger partial charge < -0.3 is 24.4 Å². The van der Waals surface area contributed by atoms with Crippen molar-refractivity contribution in [3.05, 3.63) is 48.0 Å². The summed E-state index contributed by atoms with van der Waals surface area (Å²) in [6.45, 7) is 6.86. The Balaban J connectivity index is 1.98. The molecule has 1 heterocycles. The first kappa shape index (κ1) is 29.1. The van der Waals surface area contributed by atoms with Gasteiger partial charge in [0.05, 0.1) is 18.6 Å². The number of sulfonamides is 1. The van der Waals surface area contributed by atoms with E-state index in [4.69, 9.17) is 14.2 Å². The summed E-state index contributed by atoms with van der Waals surface area (Å²) in [5, 5.41) is 2.96. The molecule has 0 spiro atoms. The lowest BCUT2D eigenvalue weighted by atomic mass is 10.1. The van der Waals surface area contributed by atoms with E-state index in [0.29, 0.717) is 23.7 Å². The number of carbonyl (C=O) groups is 2. The number of methoxy groups -OCH3 is 1. The fraction of sp³-hybridized carbons (Fsp3) is 0.481. The van der Waals surface area contributed by atoms with Crippen molar-refractivity contribution in [2.75, 3.05) is 30.5 Å². The molecule has 0 saturated carbocycles. The number of anilines is 1. The van der Waals surface area contributed by atoms with Gasteiger partial charge in [0.2, 0.25) is 28.6 Å². The molecule has 11 heteroatoms. The standard InChI is InChI=1S/C27H37N3O7S/c1-6-19(4)28-27(32)23(7-2)29(16-20-10-9-11-22(14-20)35-5)26(31)17-30(38(33,34)8-3)21-12-13-24-25(15-21)37-18-36-24/h9-15,19,23H,6-8,16-18H2,1-5H3,(H,28,32)/t19-,23+/m0/s1. The summed E-state index contributed by atoms with van der Waals surface area (Å²) < 4.78 is 43.4. The Morgan fingerprint density at radius 1 is 1.05 bits per heavy atom. The number of nitrogens with one attached hydrogen (secondary N) is 1. The van der Waals surface area contributed by atoms with Crippen LogP contribution in [0.4, 0.5) is 5.69 Å². The van der Waals surface area contributed by atoms with E-state index in [1.807, 2.05) is 26.8 Å². The maximum atomic E-state index is 13.9. The first-order valence-electron chi connectivity index (χ1n) is 12.8. The van der Waals surface area contributed by atoms with Crippen molar-refractivity contribution < 1.29 is 32.2 Å². The topological polar surface area (TPSA) is 114 Å². The van der Waals surface area contributed by atoms with Crippen LogP contribution < -0.4 is 23.8 Å². The molecule has 0 bridgehead atoms. The minimum Gasteiger partial charge on any atom is -0.497 e. The van der Waals surface area contributed by atoms with Crippen molar-refractivity contribution in [2.24, 2.45) is 0 Å². The Morgan fingerprint density at radius 3 is 2.45 bits per heavy atom. The number of rotatable bonds is 13. The summed E-state index contributed by atoms with van der Waals surface area (Å²) in [5.41, 5.74) is 1.03. The van der Waals surface area contributed by atoms with Gasteiger partial charge >= 0.3 is 0 Å². The van der Waals surface area contributed by atoms with Crippen LogP contribution in [0.15, 0.2) is 42.5 Å². The number of hydrogen-bond acceptors (Lipinski definition) is 7. The summed E-state index contributed by atoms with van der Waals surface area (Å²) in [6.07, 6.45) is 1.08. The fourth-order valence-corrected chi connectivity index (χ4v) is 5.14. The normalized spacial score (nSPS) is 13.9. The largest absolute Gasteiger partial charge is 0.497 e. The van der Waals surface area contributed by atoms with Gasteiger partial charge in [-0.25, -0.2) is 8.42 Å². The minimum absolute atomic E-state index is 0.0377. The second-order valence-corrected chi connectivity index (χ2v) is 11.2. The molecule has 208 valence electrons. The fourth-order valence-electron chi connectivity index (χ4n) is 4.09. The molecule has 0 saturated heterocycles. The number of hydrogen-bond donors (Lipinski definition) is 1. The van der Waals surface area contributed by atoms with Crippen molar-refractivity contribution in [1.29, 1.82) is 0 Å². The van der Waals surface area contributed by atoms with Gasteiger partial charge in [-0.15, -0.1) is 0 Å². The van der Waals surface area contributed by atoms with Crippen LogP contribution in [0.25, 0.3) is 0 Å². The zero-order chi connectivity index (χ0) is 27.9. The SMILES string of the molecule is CC[C@H](C(=O)N[C@@H](C)CC)N(Cc1cccc(OC)c1)C(=O)CN(c1ccc2c(c1)OCO2)S(=O)(=O)CC. The Morgan fingerprint density at radius 2 is 1.79 bits per heavy atom. The molecule has 1 N–H and O–H groups in total. The predicted molar refractivity (Wildman–Crippen MR) is 145 cm³/mol. The minimum atomic E-state index is -3.85. The zero-order valence-corrected chi connectivity index (χ0v) is 23.4. The van der Waals surface area contributed by atoms with Crippen molar-refractivity contribution >= 4 is 27.5 Å². The average molecular weight is 548 g/mol. The highest BCUT2D eigenvalue weighted by Crippen LogP contribution is 2.36. The Labute approximate surface area is 224 Å². The van der Waals surface area contributed by atoms with Crippen LogP contribution >= 0.6 is 0 Å². The first-order valence-corrected chi connectivity index (χ1v) is 14.4. The van der Waals surface area contributed by atoms with Crippen molar-refractivity contribution in [3.63, 3.8) is 0 Å². The summed E-state index contributed by atoms with van der Waals surface area (Å²) >= 11 is 0. The lowest BCUT2D eigenvalue weighted by molar-refractivity contribution is -0.140. The predicted octanol–water partition coefficient (Wildman–Crippen LogP) is 3.30. The molecule has 2 amide bonds. The summed E-state index contributed by atoms with van der Waals surface area (Å²) in [7, 11) is -2.30. The van der Waals surface area contributed by atoms with Gasteiger partial charge in [0, 0.05) is 18.7 Å². The van der Waals surface area contributed by atoms with Crippen LogP contribution in [0.2, 0.25) is 0 Å². The summed E-state index contributed by atoms with van der Waals surface area (Å²) in [4.78, 5) is 28.6. The van der Waals surface area contributed by atoms with Gasteiger partial charge in [-0.1, -0.05) is 26.0 Å². The lowest BCUT2D eigenvalue weighted by Gasteiger charge is -2.33. The first-order chi connectivity index (χ1) is 18.1. The highest BCUT2D eigenvalue weighted by atomic mass is 32.2. The van der Waals surface area contributed by atoms with E-state index in [-0.39, 0.29) is 36.7 Å². The quantitative estimate of drug-likeness (QED) is 0.409. The molecule has 10 nitrogen and oxygen atoms in total. The highest BCUT2D eigenvalue weighted by Gasteiger charge is 2.33. The second-order valence-electron chi connectivity index (χ2n) is 9.06. The van der Waals surface area contributed by atoms with Gasteiger partial charge in [0.1, 0.15) is 18.3 Å². The number of nitrogens with zero attached hydrogens (tertiary/aromatic N) is 2. The number of carbonyl (C=O) groups excluding carboxylic acids is 2. The van der Waals surface area contributed by atoms with Crippen LogP contribution in [-0.4, -0.2) is 63.4 Å². The van der Waals surface area contributed by atoms with Crippen LogP contribution in [0.1, 0.15) is 46.1 Å². The summed E-state index contributed by atoms with van der Waals surface area (Å²) in [6, 6.07) is 11.1. The van der Waals surface area contributed by atoms with E-state index in [9.17, 15) is 18.0 Å². The third kappa shape index (κ3) is 6.89. The average Bonchev–Trinajstić information content (AvgIpc) is 3.39. The van der Waals surface area contributed by atoms with Crippen LogP contribution in [-0.2, 0) is 26.2 Å². The van der Waals surface area contributed by atoms with Crippen LogP contribution in [0.3, 0.4) is 0 Å². The van der Waals surface area contributed by atoms with Crippen molar-refractivity contribution in [1.82, 2.24) is 10.2 Å². The maximum Gasteiger partial charge on any atom is 0.244 e.